The van der Waals surface area contributed by atoms with Crippen molar-refractivity contribution in [2.45, 2.75) is 38.2 Å². The van der Waals surface area contributed by atoms with Crippen molar-refractivity contribution in [3.05, 3.63) is 42.0 Å². The fourth-order valence-electron chi connectivity index (χ4n) is 2.15. The molecule has 0 saturated heterocycles. The van der Waals surface area contributed by atoms with Crippen molar-refractivity contribution in [3.8, 4) is 0 Å². The van der Waals surface area contributed by atoms with Gasteiger partial charge in [0.25, 0.3) is 0 Å². The summed E-state index contributed by atoms with van der Waals surface area (Å²) in [6.07, 6.45) is 8.55. The molecule has 0 amide bonds. The number of unbranched alkanes of at least 4 members (excludes halogenated alkanes) is 1. The van der Waals surface area contributed by atoms with Crippen molar-refractivity contribution >= 4 is 6.08 Å². The monoisotopic (exact) mass is 216 g/mol. The Bertz CT molecular complexity index is 355. The SMILES string of the molecule is CCCC[C@H]1C[C@@]1(O)/C=C/c1ccccc1. The Labute approximate surface area is 97.8 Å². The van der Waals surface area contributed by atoms with Gasteiger partial charge in [0.15, 0.2) is 0 Å². The standard InChI is InChI=1S/C15H20O/c1-2-3-9-14-12-15(14,16)11-10-13-7-5-4-6-8-13/h4-8,10-11,14,16H,2-3,9,12H2,1H3/b11-10+/t14-,15-/m0/s1. The van der Waals surface area contributed by atoms with E-state index in [2.05, 4.69) is 19.1 Å². The first-order valence-electron chi connectivity index (χ1n) is 6.21. The van der Waals surface area contributed by atoms with Gasteiger partial charge in [-0.3, -0.25) is 0 Å². The van der Waals surface area contributed by atoms with Crippen LogP contribution < -0.4 is 0 Å². The number of hydrogen-bond acceptors (Lipinski definition) is 1. The van der Waals surface area contributed by atoms with E-state index in [-0.39, 0.29) is 0 Å². The van der Waals surface area contributed by atoms with Crippen LogP contribution in [0.2, 0.25) is 0 Å². The quantitative estimate of drug-likeness (QED) is 0.796. The van der Waals surface area contributed by atoms with Gasteiger partial charge in [-0.1, -0.05) is 62.2 Å². The molecule has 86 valence electrons. The highest BCUT2D eigenvalue weighted by atomic mass is 16.3. The molecule has 0 spiro atoms. The van der Waals surface area contributed by atoms with E-state index in [9.17, 15) is 5.11 Å². The number of hydrogen-bond donors (Lipinski definition) is 1. The Morgan fingerprint density at radius 2 is 2.12 bits per heavy atom. The molecule has 1 saturated carbocycles. The smallest absolute Gasteiger partial charge is 0.0863 e. The predicted octanol–water partition coefficient (Wildman–Crippen LogP) is 3.64. The fraction of sp³-hybridized carbons (Fsp3) is 0.467. The summed E-state index contributed by atoms with van der Waals surface area (Å²) in [5.41, 5.74) is 0.655. The molecule has 0 aromatic heterocycles. The zero-order chi connectivity index (χ0) is 11.4. The maximum atomic E-state index is 10.2. The Balaban J connectivity index is 1.89. The highest BCUT2D eigenvalue weighted by molar-refractivity contribution is 5.51. The second kappa shape index (κ2) is 4.84. The molecule has 0 aliphatic heterocycles. The van der Waals surface area contributed by atoms with Crippen LogP contribution in [0.25, 0.3) is 6.08 Å². The number of rotatable bonds is 5. The summed E-state index contributed by atoms with van der Waals surface area (Å²) in [7, 11) is 0. The van der Waals surface area contributed by atoms with E-state index in [1.807, 2.05) is 30.4 Å². The summed E-state index contributed by atoms with van der Waals surface area (Å²) in [4.78, 5) is 0. The van der Waals surface area contributed by atoms with E-state index >= 15 is 0 Å². The summed E-state index contributed by atoms with van der Waals surface area (Å²) in [6, 6.07) is 10.2. The zero-order valence-electron chi connectivity index (χ0n) is 9.89. The molecule has 0 bridgehead atoms. The van der Waals surface area contributed by atoms with E-state index in [1.165, 1.54) is 12.8 Å². The molecule has 1 aromatic rings. The zero-order valence-corrected chi connectivity index (χ0v) is 9.89. The van der Waals surface area contributed by atoms with E-state index in [0.717, 1.165) is 18.4 Å². The molecule has 2 rings (SSSR count). The lowest BCUT2D eigenvalue weighted by molar-refractivity contribution is 0.180. The van der Waals surface area contributed by atoms with E-state index in [0.29, 0.717) is 5.92 Å². The van der Waals surface area contributed by atoms with E-state index in [4.69, 9.17) is 0 Å². The van der Waals surface area contributed by atoms with Crippen molar-refractivity contribution in [2.24, 2.45) is 5.92 Å². The minimum absolute atomic E-state index is 0.493. The second-order valence-electron chi connectivity index (χ2n) is 4.78. The maximum Gasteiger partial charge on any atom is 0.0863 e. The van der Waals surface area contributed by atoms with Gasteiger partial charge in [-0.2, -0.15) is 0 Å². The van der Waals surface area contributed by atoms with Gasteiger partial charge in [0.2, 0.25) is 0 Å². The summed E-state index contributed by atoms with van der Waals surface area (Å²) in [6.45, 7) is 2.20. The molecular weight excluding hydrogens is 196 g/mol. The lowest BCUT2D eigenvalue weighted by atomic mass is 10.1. The average Bonchev–Trinajstić information content (AvgIpc) is 2.97. The van der Waals surface area contributed by atoms with E-state index in [1.54, 1.807) is 0 Å². The van der Waals surface area contributed by atoms with E-state index < -0.39 is 5.60 Å². The van der Waals surface area contributed by atoms with Crippen LogP contribution in [-0.2, 0) is 0 Å². The Morgan fingerprint density at radius 3 is 2.81 bits per heavy atom. The normalized spacial score (nSPS) is 28.5. The van der Waals surface area contributed by atoms with Crippen molar-refractivity contribution in [1.82, 2.24) is 0 Å². The summed E-state index contributed by atoms with van der Waals surface area (Å²) in [5.74, 6) is 0.493. The Morgan fingerprint density at radius 1 is 1.38 bits per heavy atom. The molecule has 2 atom stereocenters. The minimum Gasteiger partial charge on any atom is -0.385 e. The molecule has 1 aliphatic rings. The third-order valence-corrected chi connectivity index (χ3v) is 3.39. The summed E-state index contributed by atoms with van der Waals surface area (Å²) >= 11 is 0. The van der Waals surface area contributed by atoms with Crippen molar-refractivity contribution in [3.63, 3.8) is 0 Å². The molecule has 1 fully saturated rings. The third kappa shape index (κ3) is 2.73. The molecular formula is C15H20O. The first-order valence-corrected chi connectivity index (χ1v) is 6.21. The second-order valence-corrected chi connectivity index (χ2v) is 4.78. The van der Waals surface area contributed by atoms with Crippen LogP contribution in [0.3, 0.4) is 0 Å². The van der Waals surface area contributed by atoms with Crippen LogP contribution in [0.5, 0.6) is 0 Å². The Kier molecular flexibility index (Phi) is 3.45. The lowest BCUT2D eigenvalue weighted by Crippen LogP contribution is -2.06. The maximum absolute atomic E-state index is 10.2. The average molecular weight is 216 g/mol. The first-order chi connectivity index (χ1) is 7.74. The van der Waals surface area contributed by atoms with Gasteiger partial charge in [-0.25, -0.2) is 0 Å². The summed E-state index contributed by atoms with van der Waals surface area (Å²) < 4.78 is 0. The largest absolute Gasteiger partial charge is 0.385 e. The van der Waals surface area contributed by atoms with Crippen LogP contribution in [0.1, 0.15) is 38.2 Å². The molecule has 0 unspecified atom stereocenters. The van der Waals surface area contributed by atoms with Crippen LogP contribution >= 0.6 is 0 Å². The van der Waals surface area contributed by atoms with Crippen LogP contribution in [-0.4, -0.2) is 10.7 Å². The molecule has 1 aromatic carbocycles. The molecule has 16 heavy (non-hydrogen) atoms. The van der Waals surface area contributed by atoms with Gasteiger partial charge in [0.05, 0.1) is 5.60 Å². The van der Waals surface area contributed by atoms with Gasteiger partial charge < -0.3 is 5.11 Å². The van der Waals surface area contributed by atoms with Gasteiger partial charge in [0.1, 0.15) is 0 Å². The first kappa shape index (κ1) is 11.4. The van der Waals surface area contributed by atoms with Gasteiger partial charge in [-0.15, -0.1) is 0 Å². The van der Waals surface area contributed by atoms with Crippen molar-refractivity contribution < 1.29 is 5.11 Å². The van der Waals surface area contributed by atoms with Crippen LogP contribution in [0, 0.1) is 5.92 Å². The van der Waals surface area contributed by atoms with Crippen molar-refractivity contribution in [1.29, 1.82) is 0 Å². The molecule has 1 nitrogen and oxygen atoms in total. The highest BCUT2D eigenvalue weighted by Gasteiger charge is 2.49. The Hall–Kier alpha value is -1.08. The third-order valence-electron chi connectivity index (χ3n) is 3.39. The van der Waals surface area contributed by atoms with Gasteiger partial charge >= 0.3 is 0 Å². The predicted molar refractivity (Wildman–Crippen MR) is 68.1 cm³/mol. The minimum atomic E-state index is -0.509. The number of aliphatic hydroxyl groups is 1. The highest BCUT2D eigenvalue weighted by Crippen LogP contribution is 2.48. The van der Waals surface area contributed by atoms with Crippen LogP contribution in [0.4, 0.5) is 0 Å². The molecule has 1 aliphatic carbocycles. The lowest BCUT2D eigenvalue weighted by Gasteiger charge is -2.03. The summed E-state index contributed by atoms with van der Waals surface area (Å²) in [5, 5.41) is 10.2. The number of benzene rings is 1. The topological polar surface area (TPSA) is 20.2 Å². The van der Waals surface area contributed by atoms with Crippen molar-refractivity contribution in [2.75, 3.05) is 0 Å². The van der Waals surface area contributed by atoms with Gasteiger partial charge in [-0.05, 0) is 24.3 Å². The molecule has 1 N–H and O–H groups in total. The van der Waals surface area contributed by atoms with Crippen LogP contribution in [0.15, 0.2) is 36.4 Å². The fourth-order valence-corrected chi connectivity index (χ4v) is 2.15. The molecule has 0 radical (unpaired) electrons. The van der Waals surface area contributed by atoms with Gasteiger partial charge in [0, 0.05) is 0 Å². The molecule has 0 heterocycles. The molecule has 1 heteroatoms.